The number of non-ortho nitro benzene ring substituents is 1. The molecule has 3 aromatic rings. The Kier molecular flexibility index (Phi) is 3.96. The number of ether oxygens (including phenoxy) is 1. The summed E-state index contributed by atoms with van der Waals surface area (Å²) < 4.78 is 5.33. The Hall–Kier alpha value is -3.13. The average Bonchev–Trinajstić information content (AvgIpc) is 2.83. The summed E-state index contributed by atoms with van der Waals surface area (Å²) in [7, 11) is 1.60. The van der Waals surface area contributed by atoms with E-state index in [0.29, 0.717) is 41.8 Å². The van der Waals surface area contributed by atoms with Crippen LogP contribution in [0.1, 0.15) is 0 Å². The summed E-state index contributed by atoms with van der Waals surface area (Å²) in [5.74, 6) is 0.695. The quantitative estimate of drug-likeness (QED) is 0.422. The van der Waals surface area contributed by atoms with Gasteiger partial charge in [0.1, 0.15) is 5.75 Å². The lowest BCUT2D eigenvalue weighted by Crippen LogP contribution is -2.30. The van der Waals surface area contributed by atoms with Gasteiger partial charge in [-0.3, -0.25) is 10.1 Å². The minimum Gasteiger partial charge on any atom is -0.497 e. The largest absolute Gasteiger partial charge is 0.497 e. The number of benzene rings is 2. The van der Waals surface area contributed by atoms with Crippen LogP contribution in [0.4, 0.5) is 17.1 Å². The summed E-state index contributed by atoms with van der Waals surface area (Å²) in [6, 6.07) is 8.70. The molecule has 0 radical (unpaired) electrons. The van der Waals surface area contributed by atoms with E-state index in [0.717, 1.165) is 16.8 Å². The highest BCUT2D eigenvalue weighted by Crippen LogP contribution is 2.42. The molecule has 2 aromatic carbocycles. The predicted octanol–water partition coefficient (Wildman–Crippen LogP) is 2.53. The number of nitro benzene ring substituents is 1. The summed E-state index contributed by atoms with van der Waals surface area (Å²) in [4.78, 5) is 17.7. The molecule has 0 unspecified atom stereocenters. The number of fused-ring (bicyclic) bond motifs is 2. The molecule has 0 amide bonds. The van der Waals surface area contributed by atoms with Gasteiger partial charge in [-0.25, -0.2) is 4.98 Å². The van der Waals surface area contributed by atoms with E-state index in [2.05, 4.69) is 10.3 Å². The van der Waals surface area contributed by atoms with E-state index in [9.17, 15) is 15.2 Å². The van der Waals surface area contributed by atoms with Gasteiger partial charge < -0.3 is 20.1 Å². The van der Waals surface area contributed by atoms with Gasteiger partial charge in [0.15, 0.2) is 5.52 Å². The molecule has 1 aromatic heterocycles. The van der Waals surface area contributed by atoms with Crippen molar-refractivity contribution in [2.75, 3.05) is 43.6 Å². The number of nitro groups is 1. The number of aliphatic hydroxyl groups is 1. The highest BCUT2D eigenvalue weighted by atomic mass is 16.6. The highest BCUT2D eigenvalue weighted by molar-refractivity contribution is 6.15. The van der Waals surface area contributed by atoms with Gasteiger partial charge in [0.2, 0.25) is 0 Å². The Morgan fingerprint density at radius 2 is 2.23 bits per heavy atom. The summed E-state index contributed by atoms with van der Waals surface area (Å²) in [6.07, 6.45) is 0. The lowest BCUT2D eigenvalue weighted by Gasteiger charge is -2.23. The lowest BCUT2D eigenvalue weighted by molar-refractivity contribution is -0.383. The number of methoxy groups -OCH3 is 1. The number of anilines is 2. The van der Waals surface area contributed by atoms with Crippen LogP contribution in [-0.4, -0.2) is 48.4 Å². The van der Waals surface area contributed by atoms with Gasteiger partial charge in [0, 0.05) is 36.8 Å². The van der Waals surface area contributed by atoms with Gasteiger partial charge in [0.05, 0.1) is 35.2 Å². The zero-order valence-electron chi connectivity index (χ0n) is 14.2. The molecule has 0 saturated carbocycles. The lowest BCUT2D eigenvalue weighted by atomic mass is 10.0. The number of aliphatic hydroxyl groups excluding tert-OH is 1. The van der Waals surface area contributed by atoms with E-state index >= 15 is 0 Å². The number of β-amino-alcohol motifs (C(OH)–C–C–N with tert-alkyl or cyclic N) is 1. The normalized spacial score (nSPS) is 13.5. The molecule has 0 saturated heterocycles. The molecule has 26 heavy (non-hydrogen) atoms. The first-order valence-electron chi connectivity index (χ1n) is 8.32. The van der Waals surface area contributed by atoms with Gasteiger partial charge in [-0.2, -0.15) is 0 Å². The molecule has 2 heterocycles. The molecule has 0 bridgehead atoms. The van der Waals surface area contributed by atoms with Crippen molar-refractivity contribution in [3.63, 3.8) is 0 Å². The van der Waals surface area contributed by atoms with Crippen LogP contribution in [0.15, 0.2) is 30.3 Å². The van der Waals surface area contributed by atoms with E-state index in [1.165, 1.54) is 6.07 Å². The van der Waals surface area contributed by atoms with E-state index < -0.39 is 4.92 Å². The minimum absolute atomic E-state index is 0.00263. The van der Waals surface area contributed by atoms with Crippen molar-refractivity contribution >= 4 is 38.9 Å². The van der Waals surface area contributed by atoms with Crippen LogP contribution >= 0.6 is 0 Å². The second kappa shape index (κ2) is 6.30. The molecule has 0 fully saturated rings. The second-order valence-electron chi connectivity index (χ2n) is 6.09. The van der Waals surface area contributed by atoms with Gasteiger partial charge in [-0.15, -0.1) is 0 Å². The maximum Gasteiger partial charge on any atom is 0.295 e. The molecular formula is C18H18N4O4. The molecule has 134 valence electrons. The number of hydrogen-bond acceptors (Lipinski definition) is 7. The van der Waals surface area contributed by atoms with Crippen molar-refractivity contribution in [1.82, 2.24) is 4.98 Å². The Morgan fingerprint density at radius 1 is 1.38 bits per heavy atom. The number of pyridine rings is 1. The fourth-order valence-corrected chi connectivity index (χ4v) is 3.51. The molecule has 1 aliphatic rings. The monoisotopic (exact) mass is 354 g/mol. The van der Waals surface area contributed by atoms with E-state index in [1.807, 2.05) is 11.0 Å². The van der Waals surface area contributed by atoms with Gasteiger partial charge in [0.25, 0.3) is 5.69 Å². The zero-order valence-corrected chi connectivity index (χ0v) is 14.2. The molecule has 4 rings (SSSR count). The van der Waals surface area contributed by atoms with Crippen LogP contribution in [0.25, 0.3) is 21.8 Å². The number of nitrogens with one attached hydrogen (secondary N) is 1. The van der Waals surface area contributed by atoms with Crippen LogP contribution in [0.2, 0.25) is 0 Å². The van der Waals surface area contributed by atoms with Crippen LogP contribution in [0.3, 0.4) is 0 Å². The summed E-state index contributed by atoms with van der Waals surface area (Å²) in [6.45, 7) is 1.77. The number of aromatic nitrogens is 1. The maximum absolute atomic E-state index is 11.5. The highest BCUT2D eigenvalue weighted by Gasteiger charge is 2.25. The zero-order chi connectivity index (χ0) is 18.3. The van der Waals surface area contributed by atoms with Crippen molar-refractivity contribution in [1.29, 1.82) is 0 Å². The summed E-state index contributed by atoms with van der Waals surface area (Å²) >= 11 is 0. The van der Waals surface area contributed by atoms with Crippen molar-refractivity contribution in [3.8, 4) is 5.75 Å². The Bertz CT molecular complexity index is 1020. The van der Waals surface area contributed by atoms with Crippen molar-refractivity contribution in [3.05, 3.63) is 40.4 Å². The van der Waals surface area contributed by atoms with E-state index in [1.54, 1.807) is 25.3 Å². The van der Waals surface area contributed by atoms with Crippen molar-refractivity contribution in [2.24, 2.45) is 0 Å². The van der Waals surface area contributed by atoms with Gasteiger partial charge in [-0.05, 0) is 24.3 Å². The minimum atomic E-state index is -0.410. The number of nitrogens with zero attached hydrogens (tertiary/aromatic N) is 3. The molecule has 1 aliphatic heterocycles. The molecular weight excluding hydrogens is 336 g/mol. The topological polar surface area (TPSA) is 101 Å². The molecule has 2 N–H and O–H groups in total. The fraction of sp³-hybridized carbons (Fsp3) is 0.278. The summed E-state index contributed by atoms with van der Waals surface area (Å²) in [5.41, 5.74) is 2.62. The first kappa shape index (κ1) is 16.3. The van der Waals surface area contributed by atoms with Crippen molar-refractivity contribution in [2.45, 2.75) is 0 Å². The molecule has 8 heteroatoms. The van der Waals surface area contributed by atoms with Gasteiger partial charge >= 0.3 is 0 Å². The van der Waals surface area contributed by atoms with Crippen LogP contribution in [0.5, 0.6) is 5.75 Å². The van der Waals surface area contributed by atoms with E-state index in [4.69, 9.17) is 4.74 Å². The first-order valence-corrected chi connectivity index (χ1v) is 8.32. The SMILES string of the molecule is COc1ccc2nc3c([N+](=O)[O-])ccc4c3c(c2c1)NCCN4CCO. The summed E-state index contributed by atoms with van der Waals surface area (Å²) in [5, 5.41) is 25.9. The fourth-order valence-electron chi connectivity index (χ4n) is 3.51. The first-order chi connectivity index (χ1) is 12.6. The maximum atomic E-state index is 11.5. The molecule has 0 atom stereocenters. The number of rotatable bonds is 4. The second-order valence-corrected chi connectivity index (χ2v) is 6.09. The Morgan fingerprint density at radius 3 is 2.96 bits per heavy atom. The molecule has 8 nitrogen and oxygen atoms in total. The average molecular weight is 354 g/mol. The smallest absolute Gasteiger partial charge is 0.295 e. The molecule has 0 spiro atoms. The van der Waals surface area contributed by atoms with Crippen LogP contribution in [-0.2, 0) is 0 Å². The predicted molar refractivity (Wildman–Crippen MR) is 100 cm³/mol. The van der Waals surface area contributed by atoms with Crippen LogP contribution < -0.4 is 15.0 Å². The third-order valence-corrected chi connectivity index (χ3v) is 4.68. The van der Waals surface area contributed by atoms with Gasteiger partial charge in [-0.1, -0.05) is 0 Å². The molecule has 0 aliphatic carbocycles. The van der Waals surface area contributed by atoms with Crippen LogP contribution in [0, 0.1) is 10.1 Å². The van der Waals surface area contributed by atoms with E-state index in [-0.39, 0.29) is 12.3 Å². The third kappa shape index (κ3) is 2.46. The Balaban J connectivity index is 2.14. The Labute approximate surface area is 149 Å². The number of hydrogen-bond donors (Lipinski definition) is 2. The third-order valence-electron chi connectivity index (χ3n) is 4.68. The standard InChI is InChI=1S/C18H18N4O4/c1-26-11-2-3-13-12(10-11)17-16-14(21(8-9-23)7-6-19-17)4-5-15(22(24)25)18(16)20-13/h2-5,10,19,23H,6-9H2,1H3. The van der Waals surface area contributed by atoms with Crippen molar-refractivity contribution < 1.29 is 14.8 Å².